The van der Waals surface area contributed by atoms with E-state index in [1.54, 1.807) is 21.9 Å². The number of piperidine rings is 1. The van der Waals surface area contributed by atoms with Crippen LogP contribution in [0.1, 0.15) is 56.6 Å². The normalized spacial score (nSPS) is 16.2. The van der Waals surface area contributed by atoms with Crippen molar-refractivity contribution in [2.45, 2.75) is 31.4 Å². The predicted octanol–water partition coefficient (Wildman–Crippen LogP) is 6.34. The molecule has 0 bridgehead atoms. The van der Waals surface area contributed by atoms with Crippen LogP contribution in [0, 0.1) is 0 Å². The number of ketones is 1. The summed E-state index contributed by atoms with van der Waals surface area (Å²) in [4.78, 5) is 43.1. The fraction of sp³-hybridized carbons (Fsp3) is 0.314. The van der Waals surface area contributed by atoms with Crippen molar-refractivity contribution in [3.05, 3.63) is 107 Å². The first kappa shape index (κ1) is 30.5. The van der Waals surface area contributed by atoms with Gasteiger partial charge in [0.15, 0.2) is 5.69 Å². The number of alkyl halides is 3. The molecule has 2 fully saturated rings. The highest BCUT2D eigenvalue weighted by atomic mass is 19.4. The molecule has 0 atom stereocenters. The van der Waals surface area contributed by atoms with Crippen molar-refractivity contribution in [2.24, 2.45) is 0 Å². The number of hydrogen-bond donors (Lipinski definition) is 1. The highest BCUT2D eigenvalue weighted by molar-refractivity contribution is 5.98. The minimum absolute atomic E-state index is 0.0619. The van der Waals surface area contributed by atoms with Crippen LogP contribution >= 0.6 is 0 Å². The molecule has 0 saturated carbocycles. The van der Waals surface area contributed by atoms with Gasteiger partial charge in [0, 0.05) is 62.8 Å². The molecule has 2 saturated heterocycles. The number of Topliss-reactive ketones (excluding diaryl/α,β-unsaturated/α-hetero) is 1. The standard InChI is InChI=1S/C35H33F3N6O3/c36-35(37,38)32-31(47-34(41-32)44-14-12-25(13-15-44)24-6-2-1-3-7-24)29(45)20-23-10-11-30(39-22-23)42-16-18-43(19-17-42)33(46)28-21-26-8-4-5-9-27(26)40-28/h1-11,21-22,25,40H,12-20H2. The molecular formula is C35H33F3N6O3. The number of H-pyrrole nitrogens is 1. The van der Waals surface area contributed by atoms with Crippen LogP contribution in [0.5, 0.6) is 0 Å². The zero-order valence-corrected chi connectivity index (χ0v) is 25.5. The number of fused-ring (bicyclic) bond motifs is 1. The first-order valence-corrected chi connectivity index (χ1v) is 15.7. The first-order valence-electron chi connectivity index (χ1n) is 15.7. The molecule has 2 aliphatic rings. The number of benzene rings is 2. The summed E-state index contributed by atoms with van der Waals surface area (Å²) in [6, 6.07) is 22.9. The Balaban J connectivity index is 0.970. The van der Waals surface area contributed by atoms with Gasteiger partial charge in [-0.15, -0.1) is 0 Å². The third-order valence-corrected chi connectivity index (χ3v) is 9.00. The van der Waals surface area contributed by atoms with Crippen molar-refractivity contribution in [3.63, 3.8) is 0 Å². The van der Waals surface area contributed by atoms with Gasteiger partial charge in [0.1, 0.15) is 11.5 Å². The summed E-state index contributed by atoms with van der Waals surface area (Å²) in [7, 11) is 0. The smallest absolute Gasteiger partial charge is 0.420 e. The Morgan fingerprint density at radius 2 is 1.60 bits per heavy atom. The Morgan fingerprint density at radius 1 is 0.872 bits per heavy atom. The molecule has 9 nitrogen and oxygen atoms in total. The number of carbonyl (C=O) groups is 2. The van der Waals surface area contributed by atoms with Crippen LogP contribution in [0.2, 0.25) is 0 Å². The number of rotatable bonds is 7. The molecule has 3 aromatic heterocycles. The molecule has 0 radical (unpaired) electrons. The van der Waals surface area contributed by atoms with Crippen molar-refractivity contribution in [1.29, 1.82) is 0 Å². The number of nitrogens with zero attached hydrogens (tertiary/aromatic N) is 5. The van der Waals surface area contributed by atoms with Gasteiger partial charge in [-0.1, -0.05) is 54.6 Å². The topological polar surface area (TPSA) is 98.6 Å². The largest absolute Gasteiger partial charge is 0.437 e. The lowest BCUT2D eigenvalue weighted by atomic mass is 9.90. The van der Waals surface area contributed by atoms with Crippen LogP contribution in [-0.4, -0.2) is 70.8 Å². The van der Waals surface area contributed by atoms with E-state index in [1.165, 1.54) is 11.8 Å². The zero-order chi connectivity index (χ0) is 32.5. The van der Waals surface area contributed by atoms with Crippen LogP contribution in [0.4, 0.5) is 25.0 Å². The van der Waals surface area contributed by atoms with E-state index in [-0.39, 0.29) is 18.3 Å². The van der Waals surface area contributed by atoms with Gasteiger partial charge in [-0.25, -0.2) is 4.98 Å². The first-order chi connectivity index (χ1) is 22.7. The Hall–Kier alpha value is -5.13. The number of para-hydroxylation sites is 1. The van der Waals surface area contributed by atoms with Crippen molar-refractivity contribution < 1.29 is 27.2 Å². The molecule has 47 heavy (non-hydrogen) atoms. The summed E-state index contributed by atoms with van der Waals surface area (Å²) >= 11 is 0. The highest BCUT2D eigenvalue weighted by Gasteiger charge is 2.42. The second-order valence-electron chi connectivity index (χ2n) is 12.0. The van der Waals surface area contributed by atoms with E-state index in [9.17, 15) is 22.8 Å². The maximum absolute atomic E-state index is 14.0. The molecule has 1 amide bonds. The summed E-state index contributed by atoms with van der Waals surface area (Å²) in [6.07, 6.45) is -2.17. The molecule has 0 spiro atoms. The molecule has 2 aromatic carbocycles. The molecule has 242 valence electrons. The van der Waals surface area contributed by atoms with E-state index in [0.29, 0.717) is 62.3 Å². The molecule has 12 heteroatoms. The van der Waals surface area contributed by atoms with Gasteiger partial charge in [0.05, 0.1) is 0 Å². The Bertz CT molecular complexity index is 1840. The molecule has 1 N–H and O–H groups in total. The summed E-state index contributed by atoms with van der Waals surface area (Å²) in [5, 5.41) is 0.981. The van der Waals surface area contributed by atoms with E-state index >= 15 is 0 Å². The van der Waals surface area contributed by atoms with Gasteiger partial charge >= 0.3 is 6.18 Å². The summed E-state index contributed by atoms with van der Waals surface area (Å²) in [5.41, 5.74) is 1.82. The Kier molecular flexibility index (Phi) is 8.17. The van der Waals surface area contributed by atoms with Gasteiger partial charge in [-0.05, 0) is 48.1 Å². The van der Waals surface area contributed by atoms with E-state index < -0.39 is 23.4 Å². The van der Waals surface area contributed by atoms with E-state index in [1.807, 2.05) is 53.4 Å². The highest BCUT2D eigenvalue weighted by Crippen LogP contribution is 2.37. The molecule has 7 rings (SSSR count). The van der Waals surface area contributed by atoms with Gasteiger partial charge in [-0.2, -0.15) is 18.2 Å². The number of nitrogens with one attached hydrogen (secondary N) is 1. The lowest BCUT2D eigenvalue weighted by molar-refractivity contribution is -0.141. The van der Waals surface area contributed by atoms with Crippen LogP contribution in [-0.2, 0) is 12.6 Å². The fourth-order valence-corrected chi connectivity index (χ4v) is 6.43. The van der Waals surface area contributed by atoms with Gasteiger partial charge < -0.3 is 24.1 Å². The SMILES string of the molecule is O=C(Cc1ccc(N2CCN(C(=O)c3cc4ccccc4[nH]3)CC2)nc1)c1oc(N2CCC(c3ccccc3)CC2)nc1C(F)(F)F. The van der Waals surface area contributed by atoms with Crippen LogP contribution in [0.25, 0.3) is 10.9 Å². The number of piperazine rings is 1. The minimum atomic E-state index is -4.84. The average Bonchev–Trinajstić information content (AvgIpc) is 3.75. The number of aromatic nitrogens is 3. The number of hydrogen-bond acceptors (Lipinski definition) is 7. The van der Waals surface area contributed by atoms with Gasteiger partial charge in [0.2, 0.25) is 11.5 Å². The number of aromatic amines is 1. The second kappa shape index (κ2) is 12.6. The average molecular weight is 643 g/mol. The lowest BCUT2D eigenvalue weighted by Gasteiger charge is -2.35. The molecule has 0 unspecified atom stereocenters. The predicted molar refractivity (Wildman–Crippen MR) is 171 cm³/mol. The molecule has 2 aliphatic heterocycles. The number of amides is 1. The van der Waals surface area contributed by atoms with Crippen molar-refractivity contribution in [3.8, 4) is 0 Å². The monoisotopic (exact) mass is 642 g/mol. The molecular weight excluding hydrogens is 609 g/mol. The lowest BCUT2D eigenvalue weighted by Crippen LogP contribution is -2.49. The molecule has 5 aromatic rings. The van der Waals surface area contributed by atoms with Crippen molar-refractivity contribution in [1.82, 2.24) is 19.9 Å². The maximum Gasteiger partial charge on any atom is 0.437 e. The quantitative estimate of drug-likeness (QED) is 0.207. The summed E-state index contributed by atoms with van der Waals surface area (Å²) in [5.74, 6) is -0.687. The van der Waals surface area contributed by atoms with Crippen molar-refractivity contribution in [2.75, 3.05) is 49.1 Å². The van der Waals surface area contributed by atoms with Gasteiger partial charge in [-0.3, -0.25) is 9.59 Å². The Morgan fingerprint density at radius 3 is 2.28 bits per heavy atom. The van der Waals surface area contributed by atoms with Gasteiger partial charge in [0.25, 0.3) is 11.9 Å². The number of halogens is 3. The number of carbonyl (C=O) groups excluding carboxylic acids is 2. The van der Waals surface area contributed by atoms with Crippen LogP contribution < -0.4 is 9.80 Å². The molecule has 0 aliphatic carbocycles. The maximum atomic E-state index is 14.0. The number of pyridine rings is 1. The fourth-order valence-electron chi connectivity index (χ4n) is 6.43. The van der Waals surface area contributed by atoms with E-state index in [4.69, 9.17) is 4.42 Å². The third-order valence-electron chi connectivity index (χ3n) is 9.00. The van der Waals surface area contributed by atoms with Crippen LogP contribution in [0.3, 0.4) is 0 Å². The van der Waals surface area contributed by atoms with Crippen LogP contribution in [0.15, 0.2) is 83.4 Å². The molecule has 5 heterocycles. The number of oxazole rings is 1. The third kappa shape index (κ3) is 6.45. The summed E-state index contributed by atoms with van der Waals surface area (Å²) in [6.45, 7) is 3.09. The number of anilines is 2. The van der Waals surface area contributed by atoms with E-state index in [2.05, 4.69) is 27.1 Å². The zero-order valence-electron chi connectivity index (χ0n) is 25.5. The minimum Gasteiger partial charge on any atom is -0.420 e. The Labute approximate surface area is 269 Å². The van der Waals surface area contributed by atoms with E-state index in [0.717, 1.165) is 23.7 Å². The second-order valence-corrected chi connectivity index (χ2v) is 12.0. The van der Waals surface area contributed by atoms with Crippen molar-refractivity contribution >= 4 is 34.4 Å². The summed E-state index contributed by atoms with van der Waals surface area (Å²) < 4.78 is 47.4.